The summed E-state index contributed by atoms with van der Waals surface area (Å²) in [7, 11) is 2.12. The van der Waals surface area contributed by atoms with Gasteiger partial charge in [0, 0.05) is 39.8 Å². The van der Waals surface area contributed by atoms with Crippen LogP contribution in [0.5, 0.6) is 0 Å². The Morgan fingerprint density at radius 1 is 1.21 bits per heavy atom. The van der Waals surface area contributed by atoms with Gasteiger partial charge in [0.25, 0.3) is 0 Å². The van der Waals surface area contributed by atoms with Gasteiger partial charge < -0.3 is 15.3 Å². The molecule has 0 aliphatic carbocycles. The molecule has 0 spiro atoms. The van der Waals surface area contributed by atoms with Crippen molar-refractivity contribution in [3.63, 3.8) is 0 Å². The maximum absolute atomic E-state index is 9.64. The number of likely N-dealkylation sites (tertiary alicyclic amines) is 1. The Hall–Kier alpha value is -1.85. The molecule has 1 aliphatic heterocycles. The molecule has 0 amide bonds. The lowest BCUT2D eigenvalue weighted by Crippen LogP contribution is -2.39. The van der Waals surface area contributed by atoms with Crippen molar-refractivity contribution in [2.24, 2.45) is 4.99 Å². The first-order valence-corrected chi connectivity index (χ1v) is 11.2. The number of nitrogens with zero attached hydrogens (tertiary/aromatic N) is 3. The van der Waals surface area contributed by atoms with E-state index in [2.05, 4.69) is 59.9 Å². The van der Waals surface area contributed by atoms with Crippen LogP contribution in [0.4, 0.5) is 0 Å². The topological polar surface area (TPSA) is 51.1 Å². The van der Waals surface area contributed by atoms with E-state index in [0.29, 0.717) is 6.54 Å². The van der Waals surface area contributed by atoms with E-state index in [0.717, 1.165) is 57.9 Å². The van der Waals surface area contributed by atoms with E-state index in [1.54, 1.807) is 0 Å². The highest BCUT2D eigenvalue weighted by Gasteiger charge is 2.16. The van der Waals surface area contributed by atoms with Crippen molar-refractivity contribution in [1.82, 2.24) is 15.1 Å². The number of piperidine rings is 1. The van der Waals surface area contributed by atoms with Crippen LogP contribution in [0.3, 0.4) is 0 Å². The minimum Gasteiger partial charge on any atom is -0.393 e. The molecule has 1 saturated heterocycles. The maximum atomic E-state index is 9.64. The third-order valence-electron chi connectivity index (χ3n) is 5.50. The van der Waals surface area contributed by atoms with Crippen molar-refractivity contribution >= 4 is 5.96 Å². The van der Waals surface area contributed by atoms with Gasteiger partial charge in [0.1, 0.15) is 0 Å². The molecule has 1 fully saturated rings. The molecular weight excluding hydrogens is 360 g/mol. The molecule has 1 aliphatic rings. The van der Waals surface area contributed by atoms with E-state index >= 15 is 0 Å². The summed E-state index contributed by atoms with van der Waals surface area (Å²) in [4.78, 5) is 9.49. The van der Waals surface area contributed by atoms with Gasteiger partial charge in [-0.1, -0.05) is 36.8 Å². The molecule has 0 atom stereocenters. The van der Waals surface area contributed by atoms with Crippen molar-refractivity contribution < 1.29 is 5.11 Å². The Kier molecular flexibility index (Phi) is 10.8. The van der Waals surface area contributed by atoms with E-state index in [-0.39, 0.29) is 6.10 Å². The molecular formula is C24H40N4O. The number of unbranched alkanes of at least 4 members (excludes halogenated alkanes) is 3. The average molecular weight is 401 g/mol. The van der Waals surface area contributed by atoms with Gasteiger partial charge in [-0.25, -0.2) is 4.99 Å². The van der Waals surface area contributed by atoms with Crippen LogP contribution in [-0.2, 0) is 13.1 Å². The Bertz CT molecular complexity index is 606. The highest BCUT2D eigenvalue weighted by atomic mass is 16.3. The van der Waals surface area contributed by atoms with Gasteiger partial charge in [0.2, 0.25) is 0 Å². The highest BCUT2D eigenvalue weighted by Crippen LogP contribution is 2.14. The lowest BCUT2D eigenvalue weighted by Gasteiger charge is -2.29. The van der Waals surface area contributed by atoms with Crippen LogP contribution < -0.4 is 5.32 Å². The minimum absolute atomic E-state index is 0.109. The van der Waals surface area contributed by atoms with Crippen molar-refractivity contribution in [2.45, 2.75) is 64.6 Å². The fourth-order valence-electron chi connectivity index (χ4n) is 3.64. The molecule has 1 heterocycles. The number of hydrogen-bond acceptors (Lipinski definition) is 3. The molecule has 29 heavy (non-hydrogen) atoms. The van der Waals surface area contributed by atoms with Crippen molar-refractivity contribution in [2.75, 3.05) is 33.2 Å². The van der Waals surface area contributed by atoms with E-state index < -0.39 is 0 Å². The Morgan fingerprint density at radius 3 is 2.55 bits per heavy atom. The second-order valence-corrected chi connectivity index (χ2v) is 8.05. The summed E-state index contributed by atoms with van der Waals surface area (Å²) in [6, 6.07) is 8.81. The third-order valence-corrected chi connectivity index (χ3v) is 5.50. The zero-order valence-electron chi connectivity index (χ0n) is 18.4. The van der Waals surface area contributed by atoms with E-state index in [4.69, 9.17) is 4.99 Å². The van der Waals surface area contributed by atoms with Crippen LogP contribution in [0.15, 0.2) is 41.9 Å². The summed E-state index contributed by atoms with van der Waals surface area (Å²) in [5.41, 5.74) is 2.57. The first-order valence-electron chi connectivity index (χ1n) is 11.2. The number of benzene rings is 1. The summed E-state index contributed by atoms with van der Waals surface area (Å²) < 4.78 is 0. The molecule has 0 saturated carbocycles. The number of rotatable bonds is 11. The smallest absolute Gasteiger partial charge is 0.193 e. The number of aliphatic imine (C=N–C) groups is 1. The zero-order valence-corrected chi connectivity index (χ0v) is 18.4. The summed E-state index contributed by atoms with van der Waals surface area (Å²) in [5, 5.41) is 13.0. The van der Waals surface area contributed by atoms with Crippen molar-refractivity contribution in [3.05, 3.63) is 48.0 Å². The molecule has 162 valence electrons. The number of aliphatic hydroxyl groups is 1. The largest absolute Gasteiger partial charge is 0.393 e. The quantitative estimate of drug-likeness (QED) is 0.257. The second-order valence-electron chi connectivity index (χ2n) is 8.05. The second kappa shape index (κ2) is 13.4. The van der Waals surface area contributed by atoms with Gasteiger partial charge in [-0.15, -0.1) is 6.58 Å². The summed E-state index contributed by atoms with van der Waals surface area (Å²) >= 11 is 0. The maximum Gasteiger partial charge on any atom is 0.193 e. The number of aliphatic hydroxyl groups excluding tert-OH is 1. The Morgan fingerprint density at radius 2 is 1.90 bits per heavy atom. The van der Waals surface area contributed by atoms with Crippen molar-refractivity contribution in [1.29, 1.82) is 0 Å². The predicted molar refractivity (Wildman–Crippen MR) is 123 cm³/mol. The molecule has 0 unspecified atom stereocenters. The first kappa shape index (κ1) is 23.4. The fourth-order valence-corrected chi connectivity index (χ4v) is 3.64. The number of guanidine groups is 1. The summed E-state index contributed by atoms with van der Waals surface area (Å²) in [5.74, 6) is 0.979. The molecule has 2 N–H and O–H groups in total. The number of allylic oxidation sites excluding steroid dienone is 1. The molecule has 5 heteroatoms. The van der Waals surface area contributed by atoms with Crippen LogP contribution in [0, 0.1) is 0 Å². The highest BCUT2D eigenvalue weighted by molar-refractivity contribution is 5.79. The molecule has 0 bridgehead atoms. The van der Waals surface area contributed by atoms with Gasteiger partial charge in [0.15, 0.2) is 5.96 Å². The van der Waals surface area contributed by atoms with Gasteiger partial charge in [-0.2, -0.15) is 0 Å². The Balaban J connectivity index is 1.82. The molecule has 1 aromatic rings. The predicted octanol–water partition coefficient (Wildman–Crippen LogP) is 3.79. The zero-order chi connectivity index (χ0) is 20.9. The van der Waals surface area contributed by atoms with E-state index in [1.165, 1.54) is 30.4 Å². The van der Waals surface area contributed by atoms with Crippen LogP contribution in [0.25, 0.3) is 0 Å². The Labute approximate surface area is 177 Å². The molecule has 0 radical (unpaired) electrons. The van der Waals surface area contributed by atoms with Gasteiger partial charge in [0.05, 0.1) is 12.6 Å². The van der Waals surface area contributed by atoms with Crippen LogP contribution in [-0.4, -0.2) is 60.2 Å². The first-order chi connectivity index (χ1) is 14.1. The summed E-state index contributed by atoms with van der Waals surface area (Å²) in [6.07, 6.45) is 8.40. The SMILES string of the molecule is C=CCCCCCN(C)C(=NCc1ccc(CN2CCC(O)CC2)cc1)NCC. The lowest BCUT2D eigenvalue weighted by atomic mass is 10.1. The van der Waals surface area contributed by atoms with Crippen LogP contribution in [0.2, 0.25) is 0 Å². The van der Waals surface area contributed by atoms with Gasteiger partial charge in [-0.05, 0) is 50.2 Å². The van der Waals surface area contributed by atoms with Gasteiger partial charge in [-0.3, -0.25) is 4.90 Å². The summed E-state index contributed by atoms with van der Waals surface area (Å²) in [6.45, 7) is 11.4. The minimum atomic E-state index is -0.109. The standard InChI is InChI=1S/C24H40N4O/c1-4-6-7-8-9-16-27(3)24(25-5-2)26-19-21-10-12-22(13-11-21)20-28-17-14-23(29)15-18-28/h4,10-13,23,29H,1,5-9,14-20H2,2-3H3,(H,25,26). The average Bonchev–Trinajstić information content (AvgIpc) is 2.73. The molecule has 0 aromatic heterocycles. The van der Waals surface area contributed by atoms with Crippen molar-refractivity contribution in [3.8, 4) is 0 Å². The molecule has 1 aromatic carbocycles. The monoisotopic (exact) mass is 400 g/mol. The number of hydrogen-bond donors (Lipinski definition) is 2. The van der Waals surface area contributed by atoms with E-state index in [9.17, 15) is 5.11 Å². The third kappa shape index (κ3) is 9.01. The van der Waals surface area contributed by atoms with Gasteiger partial charge >= 0.3 is 0 Å². The molecule has 2 rings (SSSR count). The van der Waals surface area contributed by atoms with Crippen LogP contribution >= 0.6 is 0 Å². The number of nitrogens with one attached hydrogen (secondary N) is 1. The lowest BCUT2D eigenvalue weighted by molar-refractivity contribution is 0.0792. The normalized spacial score (nSPS) is 16.0. The van der Waals surface area contributed by atoms with E-state index in [1.807, 2.05) is 6.08 Å². The van der Waals surface area contributed by atoms with Crippen LogP contribution in [0.1, 0.15) is 56.6 Å². The molecule has 5 nitrogen and oxygen atoms in total. The fraction of sp³-hybridized carbons (Fsp3) is 0.625.